The van der Waals surface area contributed by atoms with Gasteiger partial charge in [-0.25, -0.2) is 0 Å². The topological polar surface area (TPSA) is 65.0 Å². The third-order valence-electron chi connectivity index (χ3n) is 3.91. The van der Waals surface area contributed by atoms with Crippen LogP contribution >= 0.6 is 0 Å². The van der Waals surface area contributed by atoms with Crippen LogP contribution < -0.4 is 0 Å². The van der Waals surface area contributed by atoms with Crippen molar-refractivity contribution in [1.29, 1.82) is 0 Å². The van der Waals surface area contributed by atoms with E-state index in [4.69, 9.17) is 19.3 Å². The molecule has 0 aromatic rings. The highest BCUT2D eigenvalue weighted by Gasteiger charge is 2.39. The van der Waals surface area contributed by atoms with Crippen LogP contribution in [0.5, 0.6) is 0 Å². The summed E-state index contributed by atoms with van der Waals surface area (Å²) in [5, 5.41) is 8.80. The van der Waals surface area contributed by atoms with Crippen molar-refractivity contribution in [2.75, 3.05) is 19.8 Å². The molecule has 1 aliphatic rings. The number of carbonyl (C=O) groups is 1. The average molecular weight is 316 g/mol. The summed E-state index contributed by atoms with van der Waals surface area (Å²) in [5.74, 6) is -1.92. The van der Waals surface area contributed by atoms with Crippen molar-refractivity contribution in [3.05, 3.63) is 0 Å². The van der Waals surface area contributed by atoms with E-state index in [0.717, 1.165) is 13.0 Å². The Balaban J connectivity index is 1.92. The largest absolute Gasteiger partial charge is 0.481 e. The molecular formula is C17H32O5. The van der Waals surface area contributed by atoms with Crippen molar-refractivity contribution in [1.82, 2.24) is 0 Å². The molecule has 2 unspecified atom stereocenters. The number of carboxylic acids is 1. The van der Waals surface area contributed by atoms with Crippen LogP contribution in [0, 0.1) is 0 Å². The van der Waals surface area contributed by atoms with E-state index in [-0.39, 0.29) is 12.5 Å². The van der Waals surface area contributed by atoms with Crippen LogP contribution in [0.1, 0.15) is 71.6 Å². The molecule has 5 nitrogen and oxygen atoms in total. The predicted molar refractivity (Wildman–Crippen MR) is 84.9 cm³/mol. The maximum absolute atomic E-state index is 10.7. The highest BCUT2D eigenvalue weighted by atomic mass is 16.7. The SMILES string of the molecule is CCCCCCCCCCOCC1COC(C)(CC(=O)O)O1. The lowest BCUT2D eigenvalue weighted by atomic mass is 10.1. The summed E-state index contributed by atoms with van der Waals surface area (Å²) in [6.45, 7) is 5.53. The van der Waals surface area contributed by atoms with Gasteiger partial charge in [0, 0.05) is 6.61 Å². The third-order valence-corrected chi connectivity index (χ3v) is 3.91. The number of rotatable bonds is 13. The van der Waals surface area contributed by atoms with E-state index in [1.165, 1.54) is 44.9 Å². The summed E-state index contributed by atoms with van der Waals surface area (Å²) in [6.07, 6.45) is 9.98. The maximum atomic E-state index is 10.7. The Morgan fingerprint density at radius 1 is 1.18 bits per heavy atom. The third kappa shape index (κ3) is 8.71. The minimum Gasteiger partial charge on any atom is -0.481 e. The Hall–Kier alpha value is -0.650. The highest BCUT2D eigenvalue weighted by molar-refractivity contribution is 5.67. The maximum Gasteiger partial charge on any atom is 0.308 e. The number of ether oxygens (including phenoxy) is 3. The van der Waals surface area contributed by atoms with Crippen molar-refractivity contribution in [2.24, 2.45) is 0 Å². The van der Waals surface area contributed by atoms with E-state index in [2.05, 4.69) is 6.92 Å². The summed E-state index contributed by atoms with van der Waals surface area (Å²) >= 11 is 0. The summed E-state index contributed by atoms with van der Waals surface area (Å²) in [4.78, 5) is 10.7. The quantitative estimate of drug-likeness (QED) is 0.524. The molecule has 1 N–H and O–H groups in total. The lowest BCUT2D eigenvalue weighted by molar-refractivity contribution is -0.179. The number of hydrogen-bond donors (Lipinski definition) is 1. The van der Waals surface area contributed by atoms with Gasteiger partial charge >= 0.3 is 5.97 Å². The molecule has 2 atom stereocenters. The molecule has 0 aromatic heterocycles. The molecule has 22 heavy (non-hydrogen) atoms. The second-order valence-electron chi connectivity index (χ2n) is 6.30. The summed E-state index contributed by atoms with van der Waals surface area (Å²) in [5.41, 5.74) is 0. The minimum absolute atomic E-state index is 0.137. The zero-order valence-corrected chi connectivity index (χ0v) is 14.1. The molecule has 1 fully saturated rings. The van der Waals surface area contributed by atoms with Crippen molar-refractivity contribution in [3.8, 4) is 0 Å². The molecule has 0 amide bonds. The van der Waals surface area contributed by atoms with E-state index in [1.807, 2.05) is 0 Å². The molecule has 0 radical (unpaired) electrons. The van der Waals surface area contributed by atoms with Crippen LogP contribution in [0.3, 0.4) is 0 Å². The van der Waals surface area contributed by atoms with Gasteiger partial charge in [0.1, 0.15) is 6.10 Å². The van der Waals surface area contributed by atoms with E-state index < -0.39 is 11.8 Å². The number of aliphatic carboxylic acids is 1. The smallest absolute Gasteiger partial charge is 0.308 e. The van der Waals surface area contributed by atoms with E-state index >= 15 is 0 Å². The Bertz CT molecular complexity index is 307. The lowest BCUT2D eigenvalue weighted by Crippen LogP contribution is -2.30. The molecule has 1 rings (SSSR count). The first-order valence-electron chi connectivity index (χ1n) is 8.67. The van der Waals surface area contributed by atoms with Crippen LogP contribution in [0.4, 0.5) is 0 Å². The highest BCUT2D eigenvalue weighted by Crippen LogP contribution is 2.26. The second-order valence-corrected chi connectivity index (χ2v) is 6.30. The Morgan fingerprint density at radius 2 is 1.82 bits per heavy atom. The van der Waals surface area contributed by atoms with Crippen LogP contribution in [-0.2, 0) is 19.0 Å². The molecular weight excluding hydrogens is 284 g/mol. The van der Waals surface area contributed by atoms with Gasteiger partial charge < -0.3 is 19.3 Å². The fourth-order valence-electron chi connectivity index (χ4n) is 2.69. The van der Waals surface area contributed by atoms with Gasteiger partial charge in [0.05, 0.1) is 19.6 Å². The van der Waals surface area contributed by atoms with Gasteiger partial charge in [-0.3, -0.25) is 4.79 Å². The molecule has 1 saturated heterocycles. The molecule has 130 valence electrons. The zero-order chi connectivity index (χ0) is 16.3. The normalized spacial score (nSPS) is 24.7. The zero-order valence-electron chi connectivity index (χ0n) is 14.1. The standard InChI is InChI=1S/C17H32O5/c1-3-4-5-6-7-8-9-10-11-20-13-15-14-21-17(2,22-15)12-16(18)19/h15H,3-14H2,1-2H3,(H,18,19). The monoisotopic (exact) mass is 316 g/mol. The van der Waals surface area contributed by atoms with Crippen molar-refractivity contribution >= 4 is 5.97 Å². The fraction of sp³-hybridized carbons (Fsp3) is 0.941. The van der Waals surface area contributed by atoms with E-state index in [0.29, 0.717) is 13.2 Å². The molecule has 0 spiro atoms. The van der Waals surface area contributed by atoms with E-state index in [1.54, 1.807) is 6.92 Å². The summed E-state index contributed by atoms with van der Waals surface area (Å²) in [6, 6.07) is 0. The number of carboxylic acid groups (broad SMARTS) is 1. The molecule has 1 heterocycles. The molecule has 0 saturated carbocycles. The number of unbranched alkanes of at least 4 members (excludes halogenated alkanes) is 7. The van der Waals surface area contributed by atoms with Gasteiger partial charge in [-0.1, -0.05) is 51.9 Å². The fourth-order valence-corrected chi connectivity index (χ4v) is 2.69. The lowest BCUT2D eigenvalue weighted by Gasteiger charge is -2.20. The van der Waals surface area contributed by atoms with Crippen molar-refractivity contribution in [3.63, 3.8) is 0 Å². The van der Waals surface area contributed by atoms with Gasteiger partial charge in [0.2, 0.25) is 0 Å². The summed E-state index contributed by atoms with van der Waals surface area (Å²) < 4.78 is 16.6. The molecule has 5 heteroatoms. The minimum atomic E-state index is -1.00. The van der Waals surface area contributed by atoms with Gasteiger partial charge in [0.15, 0.2) is 5.79 Å². The second kappa shape index (κ2) is 11.0. The van der Waals surface area contributed by atoms with Crippen LogP contribution in [0.2, 0.25) is 0 Å². The first-order valence-corrected chi connectivity index (χ1v) is 8.67. The van der Waals surface area contributed by atoms with Crippen molar-refractivity contribution in [2.45, 2.75) is 83.5 Å². The molecule has 0 aliphatic carbocycles. The predicted octanol–water partition coefficient (Wildman–Crippen LogP) is 3.75. The van der Waals surface area contributed by atoms with Gasteiger partial charge in [-0.15, -0.1) is 0 Å². The molecule has 1 aliphatic heterocycles. The molecule has 0 bridgehead atoms. The van der Waals surface area contributed by atoms with Crippen LogP contribution in [-0.4, -0.2) is 42.8 Å². The van der Waals surface area contributed by atoms with Crippen LogP contribution in [0.15, 0.2) is 0 Å². The van der Waals surface area contributed by atoms with Crippen molar-refractivity contribution < 1.29 is 24.1 Å². The number of hydrogen-bond acceptors (Lipinski definition) is 4. The van der Waals surface area contributed by atoms with Gasteiger partial charge in [-0.2, -0.15) is 0 Å². The first-order chi connectivity index (χ1) is 10.6. The summed E-state index contributed by atoms with van der Waals surface area (Å²) in [7, 11) is 0. The average Bonchev–Trinajstić information content (AvgIpc) is 2.81. The van der Waals surface area contributed by atoms with Crippen LogP contribution in [0.25, 0.3) is 0 Å². The van der Waals surface area contributed by atoms with Gasteiger partial charge in [-0.05, 0) is 13.3 Å². The van der Waals surface area contributed by atoms with Gasteiger partial charge in [0.25, 0.3) is 0 Å². The Kier molecular flexibility index (Phi) is 9.68. The first kappa shape index (κ1) is 19.4. The van der Waals surface area contributed by atoms with E-state index in [9.17, 15) is 4.79 Å². The Labute approximate surface area is 134 Å². The molecule has 0 aromatic carbocycles. The Morgan fingerprint density at radius 3 is 2.45 bits per heavy atom.